The van der Waals surface area contributed by atoms with Crippen molar-refractivity contribution in [3.8, 4) is 0 Å². The van der Waals surface area contributed by atoms with Crippen LogP contribution in [-0.4, -0.2) is 36.9 Å². The van der Waals surface area contributed by atoms with Crippen molar-refractivity contribution in [1.82, 2.24) is 19.9 Å². The SMILES string of the molecule is Cc1nc2ccc(NC(=O)c3nccnc3C(=O)O)cc2nc1C. The number of nitrogens with one attached hydrogen (secondary N) is 1. The van der Waals surface area contributed by atoms with Gasteiger partial charge < -0.3 is 10.4 Å². The fraction of sp³-hybridized carbons (Fsp3) is 0.125. The predicted octanol–water partition coefficient (Wildman–Crippen LogP) is 1.99. The van der Waals surface area contributed by atoms with E-state index in [9.17, 15) is 9.59 Å². The van der Waals surface area contributed by atoms with Crippen molar-refractivity contribution in [2.24, 2.45) is 0 Å². The fourth-order valence-electron chi connectivity index (χ4n) is 2.16. The van der Waals surface area contributed by atoms with Gasteiger partial charge in [0.15, 0.2) is 11.4 Å². The van der Waals surface area contributed by atoms with Gasteiger partial charge in [0.05, 0.1) is 22.4 Å². The summed E-state index contributed by atoms with van der Waals surface area (Å²) in [7, 11) is 0. The first-order valence-corrected chi connectivity index (χ1v) is 7.06. The molecular weight excluding hydrogens is 310 g/mol. The molecule has 3 aromatic rings. The number of aryl methyl sites for hydroxylation is 2. The Kier molecular flexibility index (Phi) is 3.87. The third kappa shape index (κ3) is 2.89. The average molecular weight is 323 g/mol. The molecule has 0 atom stereocenters. The Morgan fingerprint density at radius 2 is 1.58 bits per heavy atom. The van der Waals surface area contributed by atoms with Crippen LogP contribution in [0.1, 0.15) is 32.4 Å². The highest BCUT2D eigenvalue weighted by atomic mass is 16.4. The zero-order valence-corrected chi connectivity index (χ0v) is 12.9. The molecule has 0 bridgehead atoms. The van der Waals surface area contributed by atoms with Crippen LogP contribution in [0.2, 0.25) is 0 Å². The van der Waals surface area contributed by atoms with Crippen LogP contribution in [0.25, 0.3) is 11.0 Å². The monoisotopic (exact) mass is 323 g/mol. The summed E-state index contributed by atoms with van der Waals surface area (Å²) in [6.45, 7) is 3.73. The number of fused-ring (bicyclic) bond motifs is 1. The van der Waals surface area contributed by atoms with Crippen molar-refractivity contribution in [3.63, 3.8) is 0 Å². The van der Waals surface area contributed by atoms with E-state index in [0.717, 1.165) is 11.4 Å². The number of aromatic carboxylic acids is 1. The minimum atomic E-state index is -1.32. The molecule has 0 fully saturated rings. The smallest absolute Gasteiger partial charge is 0.356 e. The number of aromatic nitrogens is 4. The molecule has 0 aliphatic heterocycles. The van der Waals surface area contributed by atoms with Crippen molar-refractivity contribution in [2.45, 2.75) is 13.8 Å². The molecule has 0 spiro atoms. The Hall–Kier alpha value is -3.42. The summed E-state index contributed by atoms with van der Waals surface area (Å²) in [5.41, 5.74) is 2.79. The molecule has 2 heterocycles. The third-order valence-corrected chi connectivity index (χ3v) is 3.45. The van der Waals surface area contributed by atoms with Gasteiger partial charge in [0.1, 0.15) is 0 Å². The molecule has 1 aromatic carbocycles. The highest BCUT2D eigenvalue weighted by molar-refractivity contribution is 6.08. The number of carboxylic acids is 1. The van der Waals surface area contributed by atoms with Crippen molar-refractivity contribution < 1.29 is 14.7 Å². The highest BCUT2D eigenvalue weighted by Gasteiger charge is 2.19. The Balaban J connectivity index is 1.94. The minimum Gasteiger partial charge on any atom is -0.476 e. The molecule has 1 amide bonds. The Morgan fingerprint density at radius 3 is 2.25 bits per heavy atom. The summed E-state index contributed by atoms with van der Waals surface area (Å²) in [6, 6.07) is 5.07. The van der Waals surface area contributed by atoms with Gasteiger partial charge in [-0.15, -0.1) is 0 Å². The van der Waals surface area contributed by atoms with Gasteiger partial charge in [-0.05, 0) is 32.0 Å². The molecule has 2 aromatic heterocycles. The van der Waals surface area contributed by atoms with E-state index >= 15 is 0 Å². The first-order chi connectivity index (χ1) is 11.5. The van der Waals surface area contributed by atoms with E-state index in [4.69, 9.17) is 5.11 Å². The van der Waals surface area contributed by atoms with Crippen molar-refractivity contribution >= 4 is 28.6 Å². The van der Waals surface area contributed by atoms with Crippen LogP contribution in [0.3, 0.4) is 0 Å². The second-order valence-corrected chi connectivity index (χ2v) is 5.11. The molecule has 0 aliphatic rings. The molecule has 8 nitrogen and oxygen atoms in total. The second kappa shape index (κ2) is 5.99. The first-order valence-electron chi connectivity index (χ1n) is 7.06. The van der Waals surface area contributed by atoms with E-state index in [-0.39, 0.29) is 5.69 Å². The van der Waals surface area contributed by atoms with Crippen LogP contribution in [0.15, 0.2) is 30.6 Å². The van der Waals surface area contributed by atoms with Gasteiger partial charge in [0.2, 0.25) is 0 Å². The summed E-state index contributed by atoms with van der Waals surface area (Å²) < 4.78 is 0. The summed E-state index contributed by atoms with van der Waals surface area (Å²) in [5.74, 6) is -1.97. The summed E-state index contributed by atoms with van der Waals surface area (Å²) in [6.07, 6.45) is 2.48. The highest BCUT2D eigenvalue weighted by Crippen LogP contribution is 2.18. The molecule has 8 heteroatoms. The van der Waals surface area contributed by atoms with Gasteiger partial charge in [0, 0.05) is 18.1 Å². The summed E-state index contributed by atoms with van der Waals surface area (Å²) in [5, 5.41) is 11.7. The normalized spacial score (nSPS) is 10.6. The number of amides is 1. The van der Waals surface area contributed by atoms with Crippen LogP contribution in [0.4, 0.5) is 5.69 Å². The zero-order valence-electron chi connectivity index (χ0n) is 12.9. The number of hydrogen-bond acceptors (Lipinski definition) is 6. The van der Waals surface area contributed by atoms with Gasteiger partial charge in [-0.1, -0.05) is 0 Å². The molecule has 0 aliphatic carbocycles. The molecule has 0 saturated carbocycles. The number of anilines is 1. The van der Waals surface area contributed by atoms with Crippen LogP contribution >= 0.6 is 0 Å². The Bertz CT molecular complexity index is 971. The molecular formula is C16H13N5O3. The van der Waals surface area contributed by atoms with E-state index in [1.54, 1.807) is 18.2 Å². The number of carboxylic acid groups (broad SMARTS) is 1. The molecule has 0 radical (unpaired) electrons. The van der Waals surface area contributed by atoms with Gasteiger partial charge in [-0.2, -0.15) is 0 Å². The molecule has 3 rings (SSSR count). The predicted molar refractivity (Wildman–Crippen MR) is 86.0 cm³/mol. The lowest BCUT2D eigenvalue weighted by atomic mass is 10.2. The second-order valence-electron chi connectivity index (χ2n) is 5.11. The van der Waals surface area contributed by atoms with Crippen molar-refractivity contribution in [2.75, 3.05) is 5.32 Å². The van der Waals surface area contributed by atoms with E-state index in [1.165, 1.54) is 12.4 Å². The van der Waals surface area contributed by atoms with E-state index in [0.29, 0.717) is 16.7 Å². The van der Waals surface area contributed by atoms with Gasteiger partial charge in [-0.3, -0.25) is 4.79 Å². The maximum atomic E-state index is 12.3. The van der Waals surface area contributed by atoms with Crippen molar-refractivity contribution in [3.05, 3.63) is 53.4 Å². The average Bonchev–Trinajstić information content (AvgIpc) is 2.56. The zero-order chi connectivity index (χ0) is 17.3. The number of carbonyl (C=O) groups excluding carboxylic acids is 1. The number of nitrogens with zero attached hydrogens (tertiary/aromatic N) is 4. The number of rotatable bonds is 3. The molecule has 0 unspecified atom stereocenters. The first kappa shape index (κ1) is 15.5. The lowest BCUT2D eigenvalue weighted by Crippen LogP contribution is -2.19. The standard InChI is InChI=1S/C16H13N5O3/c1-8-9(2)20-12-7-10(3-4-11(12)19-8)21-15(22)13-14(16(23)24)18-6-5-17-13/h3-7H,1-2H3,(H,21,22)(H,23,24). The number of hydrogen-bond donors (Lipinski definition) is 2. The van der Waals surface area contributed by atoms with E-state index < -0.39 is 17.6 Å². The Morgan fingerprint density at radius 1 is 0.958 bits per heavy atom. The topological polar surface area (TPSA) is 118 Å². The lowest BCUT2D eigenvalue weighted by molar-refractivity contribution is 0.0685. The maximum Gasteiger partial charge on any atom is 0.356 e. The van der Waals surface area contributed by atoms with Crippen LogP contribution in [-0.2, 0) is 0 Å². The van der Waals surface area contributed by atoms with E-state index in [1.807, 2.05) is 13.8 Å². The number of benzene rings is 1. The number of carbonyl (C=O) groups is 2. The van der Waals surface area contributed by atoms with Gasteiger partial charge in [-0.25, -0.2) is 24.7 Å². The fourth-order valence-corrected chi connectivity index (χ4v) is 2.16. The van der Waals surface area contributed by atoms with Gasteiger partial charge >= 0.3 is 5.97 Å². The van der Waals surface area contributed by atoms with Gasteiger partial charge in [0.25, 0.3) is 5.91 Å². The Labute approximate surface area is 136 Å². The van der Waals surface area contributed by atoms with Crippen LogP contribution in [0, 0.1) is 13.8 Å². The van der Waals surface area contributed by atoms with Crippen LogP contribution in [0.5, 0.6) is 0 Å². The lowest BCUT2D eigenvalue weighted by Gasteiger charge is -2.08. The maximum absolute atomic E-state index is 12.3. The summed E-state index contributed by atoms with van der Waals surface area (Å²) in [4.78, 5) is 39.7. The van der Waals surface area contributed by atoms with Crippen molar-refractivity contribution in [1.29, 1.82) is 0 Å². The quantitative estimate of drug-likeness (QED) is 0.756. The largest absolute Gasteiger partial charge is 0.476 e. The molecule has 24 heavy (non-hydrogen) atoms. The minimum absolute atomic E-state index is 0.253. The molecule has 0 saturated heterocycles. The third-order valence-electron chi connectivity index (χ3n) is 3.45. The molecule has 2 N–H and O–H groups in total. The molecule has 120 valence electrons. The van der Waals surface area contributed by atoms with Crippen LogP contribution < -0.4 is 5.32 Å². The van der Waals surface area contributed by atoms with E-state index in [2.05, 4.69) is 25.3 Å². The summed E-state index contributed by atoms with van der Waals surface area (Å²) >= 11 is 0.